The molecule has 1 aliphatic heterocycles. The molecule has 136 valence electrons. The van der Waals surface area contributed by atoms with Crippen LogP contribution in [0.3, 0.4) is 0 Å². The van der Waals surface area contributed by atoms with Crippen LogP contribution in [0.25, 0.3) is 5.57 Å². The van der Waals surface area contributed by atoms with Gasteiger partial charge in [-0.25, -0.2) is 4.98 Å². The zero-order valence-electron chi connectivity index (χ0n) is 14.7. The Bertz CT molecular complexity index is 865. The molecular formula is C20H20Cl2N2O2. The smallest absolute Gasteiger partial charge is 0.232 e. The fraction of sp³-hybridized carbons (Fsp3) is 0.300. The predicted molar refractivity (Wildman–Crippen MR) is 105 cm³/mol. The van der Waals surface area contributed by atoms with Crippen molar-refractivity contribution in [3.05, 3.63) is 63.3 Å². The van der Waals surface area contributed by atoms with Gasteiger partial charge in [-0.2, -0.15) is 0 Å². The number of nitrogens with one attached hydrogen (secondary N) is 1. The Kier molecular flexibility index (Phi) is 5.84. The number of halogens is 2. The van der Waals surface area contributed by atoms with Crippen molar-refractivity contribution >= 4 is 34.7 Å². The van der Waals surface area contributed by atoms with Crippen LogP contribution in [0.15, 0.2) is 36.4 Å². The largest absolute Gasteiger partial charge is 0.480 e. The Morgan fingerprint density at radius 2 is 2.12 bits per heavy atom. The fourth-order valence-corrected chi connectivity index (χ4v) is 3.51. The Labute approximate surface area is 163 Å². The number of rotatable bonds is 5. The standard InChI is InChI=1S/C20H20Cl2N2O2/c1-3-12-4-5-13(10-17(12)22)15(11-14-6-9-19(25)23-14)18-8-7-16(21)20(24-18)26-2/h4-5,7-8,10-11,14H,3,6,9H2,1-2H3,(H,23,25)/t14-/m1/s1. The number of hydrogen-bond donors (Lipinski definition) is 1. The number of aryl methyl sites for hydroxylation is 1. The lowest BCUT2D eigenvalue weighted by Gasteiger charge is -2.14. The van der Waals surface area contributed by atoms with Crippen molar-refractivity contribution in [2.45, 2.75) is 32.2 Å². The number of carbonyl (C=O) groups excluding carboxylic acids is 1. The summed E-state index contributed by atoms with van der Waals surface area (Å²) >= 11 is 12.5. The van der Waals surface area contributed by atoms with Crippen LogP contribution in [0.1, 0.15) is 36.6 Å². The van der Waals surface area contributed by atoms with Crippen molar-refractivity contribution in [3.8, 4) is 5.88 Å². The first-order valence-electron chi connectivity index (χ1n) is 8.52. The number of pyridine rings is 1. The SMILES string of the molecule is CCc1ccc(C(=C[C@H]2CCC(=O)N2)c2ccc(Cl)c(OC)n2)cc1Cl. The van der Waals surface area contributed by atoms with Gasteiger partial charge in [0.1, 0.15) is 5.02 Å². The molecule has 1 aromatic carbocycles. The molecule has 6 heteroatoms. The molecule has 0 unspecified atom stereocenters. The third-order valence-electron chi connectivity index (χ3n) is 4.42. The van der Waals surface area contributed by atoms with Gasteiger partial charge in [-0.1, -0.05) is 48.3 Å². The number of methoxy groups -OCH3 is 1. The Morgan fingerprint density at radius 1 is 1.31 bits per heavy atom. The van der Waals surface area contributed by atoms with Gasteiger partial charge in [0.15, 0.2) is 0 Å². The Hall–Kier alpha value is -2.04. The highest BCUT2D eigenvalue weighted by molar-refractivity contribution is 6.32. The minimum absolute atomic E-state index is 0.0365. The first kappa shape index (κ1) is 18.7. The minimum atomic E-state index is -0.0365. The molecule has 1 fully saturated rings. The molecule has 2 heterocycles. The molecule has 4 nitrogen and oxygen atoms in total. The second kappa shape index (κ2) is 8.11. The van der Waals surface area contributed by atoms with Gasteiger partial charge in [0.05, 0.1) is 12.8 Å². The molecule has 0 spiro atoms. The highest BCUT2D eigenvalue weighted by Gasteiger charge is 2.21. The number of aromatic nitrogens is 1. The summed E-state index contributed by atoms with van der Waals surface area (Å²) in [4.78, 5) is 16.1. The normalized spacial score (nSPS) is 17.3. The Morgan fingerprint density at radius 3 is 2.73 bits per heavy atom. The van der Waals surface area contributed by atoms with Crippen molar-refractivity contribution in [2.24, 2.45) is 0 Å². The molecule has 1 N–H and O–H groups in total. The summed E-state index contributed by atoms with van der Waals surface area (Å²) in [5, 5.41) is 4.13. The van der Waals surface area contributed by atoms with Crippen LogP contribution in [-0.2, 0) is 11.2 Å². The van der Waals surface area contributed by atoms with Crippen molar-refractivity contribution in [3.63, 3.8) is 0 Å². The minimum Gasteiger partial charge on any atom is -0.480 e. The van der Waals surface area contributed by atoms with Gasteiger partial charge in [-0.3, -0.25) is 4.79 Å². The van der Waals surface area contributed by atoms with E-state index < -0.39 is 0 Å². The van der Waals surface area contributed by atoms with Crippen LogP contribution in [0, 0.1) is 0 Å². The summed E-state index contributed by atoms with van der Waals surface area (Å²) in [6.07, 6.45) is 4.18. The first-order valence-corrected chi connectivity index (χ1v) is 9.28. The number of amides is 1. The van der Waals surface area contributed by atoms with Gasteiger partial charge < -0.3 is 10.1 Å². The van der Waals surface area contributed by atoms with Gasteiger partial charge in [-0.15, -0.1) is 0 Å². The van der Waals surface area contributed by atoms with Gasteiger partial charge in [0.25, 0.3) is 0 Å². The molecular weight excluding hydrogens is 371 g/mol. The van der Waals surface area contributed by atoms with Crippen molar-refractivity contribution in [2.75, 3.05) is 7.11 Å². The van der Waals surface area contributed by atoms with E-state index in [-0.39, 0.29) is 11.9 Å². The van der Waals surface area contributed by atoms with E-state index in [1.807, 2.05) is 30.3 Å². The number of hydrogen-bond acceptors (Lipinski definition) is 3. The van der Waals surface area contributed by atoms with Crippen LogP contribution < -0.4 is 10.1 Å². The lowest BCUT2D eigenvalue weighted by Crippen LogP contribution is -2.23. The average molecular weight is 391 g/mol. The van der Waals surface area contributed by atoms with E-state index in [1.54, 1.807) is 6.07 Å². The third kappa shape index (κ3) is 4.02. The van der Waals surface area contributed by atoms with Crippen LogP contribution in [-0.4, -0.2) is 24.0 Å². The molecule has 0 bridgehead atoms. The highest BCUT2D eigenvalue weighted by Crippen LogP contribution is 2.31. The topological polar surface area (TPSA) is 51.2 Å². The maximum atomic E-state index is 11.6. The van der Waals surface area contributed by atoms with Crippen molar-refractivity contribution < 1.29 is 9.53 Å². The van der Waals surface area contributed by atoms with E-state index in [0.29, 0.717) is 28.0 Å². The molecule has 3 rings (SSSR count). The molecule has 1 aromatic heterocycles. The summed E-state index contributed by atoms with van der Waals surface area (Å²) in [6.45, 7) is 2.07. The van der Waals surface area contributed by atoms with E-state index in [9.17, 15) is 4.79 Å². The van der Waals surface area contributed by atoms with Crippen LogP contribution >= 0.6 is 23.2 Å². The Balaban J connectivity index is 2.09. The summed E-state index contributed by atoms with van der Waals surface area (Å²) in [7, 11) is 1.53. The van der Waals surface area contributed by atoms with E-state index in [1.165, 1.54) is 7.11 Å². The summed E-state index contributed by atoms with van der Waals surface area (Å²) in [6, 6.07) is 9.54. The first-order chi connectivity index (χ1) is 12.5. The lowest BCUT2D eigenvalue weighted by atomic mass is 9.97. The van der Waals surface area contributed by atoms with Crippen LogP contribution in [0.4, 0.5) is 0 Å². The molecule has 1 atom stereocenters. The van der Waals surface area contributed by atoms with Crippen molar-refractivity contribution in [1.82, 2.24) is 10.3 Å². The van der Waals surface area contributed by atoms with Crippen LogP contribution in [0.5, 0.6) is 5.88 Å². The summed E-state index contributed by atoms with van der Waals surface area (Å²) in [5.41, 5.74) is 3.63. The van der Waals surface area contributed by atoms with Gasteiger partial charge >= 0.3 is 0 Å². The quantitative estimate of drug-likeness (QED) is 0.806. The number of ether oxygens (including phenoxy) is 1. The monoisotopic (exact) mass is 390 g/mol. The predicted octanol–water partition coefficient (Wildman–Crippen LogP) is 4.67. The van der Waals surface area contributed by atoms with Gasteiger partial charge in [-0.05, 0) is 42.2 Å². The number of benzene rings is 1. The average Bonchev–Trinajstić information content (AvgIpc) is 3.05. The maximum absolute atomic E-state index is 11.6. The molecule has 0 radical (unpaired) electrons. The molecule has 2 aromatic rings. The van der Waals surface area contributed by atoms with E-state index >= 15 is 0 Å². The maximum Gasteiger partial charge on any atom is 0.232 e. The van der Waals surface area contributed by atoms with Crippen molar-refractivity contribution in [1.29, 1.82) is 0 Å². The molecule has 1 aliphatic rings. The molecule has 0 saturated carbocycles. The van der Waals surface area contributed by atoms with Crippen LogP contribution in [0.2, 0.25) is 10.0 Å². The van der Waals surface area contributed by atoms with Gasteiger partial charge in [0, 0.05) is 23.1 Å². The third-order valence-corrected chi connectivity index (χ3v) is 5.06. The lowest BCUT2D eigenvalue weighted by molar-refractivity contribution is -0.119. The fourth-order valence-electron chi connectivity index (χ4n) is 3.01. The molecule has 1 amide bonds. The molecule has 0 aliphatic carbocycles. The molecule has 26 heavy (non-hydrogen) atoms. The van der Waals surface area contributed by atoms with E-state index in [0.717, 1.165) is 29.5 Å². The summed E-state index contributed by atoms with van der Waals surface area (Å²) < 4.78 is 5.25. The highest BCUT2D eigenvalue weighted by atomic mass is 35.5. The van der Waals surface area contributed by atoms with E-state index in [4.69, 9.17) is 27.9 Å². The summed E-state index contributed by atoms with van der Waals surface area (Å²) in [5.74, 6) is 0.424. The second-order valence-corrected chi connectivity index (χ2v) is 6.95. The second-order valence-electron chi connectivity index (χ2n) is 6.14. The van der Waals surface area contributed by atoms with E-state index in [2.05, 4.69) is 17.2 Å². The zero-order chi connectivity index (χ0) is 18.7. The zero-order valence-corrected chi connectivity index (χ0v) is 16.2. The molecule has 1 saturated heterocycles. The number of carbonyl (C=O) groups is 1. The van der Waals surface area contributed by atoms with Gasteiger partial charge in [0.2, 0.25) is 11.8 Å². The number of nitrogens with zero attached hydrogens (tertiary/aromatic N) is 1.